The molecular weight excluding hydrogens is 304 g/mol. The van der Waals surface area contributed by atoms with Crippen LogP contribution in [-0.4, -0.2) is 17.1 Å². The number of benzene rings is 2. The van der Waals surface area contributed by atoms with Crippen molar-refractivity contribution in [2.24, 2.45) is 0 Å². The van der Waals surface area contributed by atoms with E-state index in [0.29, 0.717) is 16.3 Å². The first-order valence-electron chi connectivity index (χ1n) is 6.59. The maximum absolute atomic E-state index is 12.4. The minimum Gasteiger partial charge on any atom is -0.465 e. The number of nitrogens with one attached hydrogen (secondary N) is 2. The molecule has 1 unspecified atom stereocenters. The second kappa shape index (κ2) is 6.95. The molecule has 0 aliphatic heterocycles. The van der Waals surface area contributed by atoms with E-state index in [4.69, 9.17) is 16.7 Å². The highest BCUT2D eigenvalue weighted by molar-refractivity contribution is 6.30. The zero-order valence-corrected chi connectivity index (χ0v) is 12.6. The fourth-order valence-corrected chi connectivity index (χ4v) is 2.27. The van der Waals surface area contributed by atoms with E-state index in [0.717, 1.165) is 5.56 Å². The van der Waals surface area contributed by atoms with Gasteiger partial charge in [0, 0.05) is 10.7 Å². The van der Waals surface area contributed by atoms with Crippen molar-refractivity contribution in [2.45, 2.75) is 13.0 Å². The molecule has 22 heavy (non-hydrogen) atoms. The number of amides is 2. The summed E-state index contributed by atoms with van der Waals surface area (Å²) >= 11 is 5.88. The van der Waals surface area contributed by atoms with Crippen LogP contribution in [0, 0.1) is 6.92 Å². The monoisotopic (exact) mass is 318 g/mol. The molecule has 0 aliphatic carbocycles. The summed E-state index contributed by atoms with van der Waals surface area (Å²) < 4.78 is 0. The molecule has 2 aromatic carbocycles. The number of hydrogen-bond acceptors (Lipinski definition) is 2. The van der Waals surface area contributed by atoms with Gasteiger partial charge in [-0.1, -0.05) is 41.9 Å². The van der Waals surface area contributed by atoms with Gasteiger partial charge in [0.2, 0.25) is 0 Å². The van der Waals surface area contributed by atoms with Gasteiger partial charge >= 0.3 is 6.09 Å². The van der Waals surface area contributed by atoms with Crippen molar-refractivity contribution in [1.82, 2.24) is 5.32 Å². The Bertz CT molecular complexity index is 689. The van der Waals surface area contributed by atoms with Crippen molar-refractivity contribution >= 4 is 29.3 Å². The predicted molar refractivity (Wildman–Crippen MR) is 85.2 cm³/mol. The molecule has 0 heterocycles. The number of halogens is 1. The summed E-state index contributed by atoms with van der Waals surface area (Å²) in [5, 5.41) is 14.5. The van der Waals surface area contributed by atoms with Crippen LogP contribution in [0.1, 0.15) is 17.2 Å². The molecule has 0 spiro atoms. The molecule has 0 saturated carbocycles. The second-order valence-electron chi connectivity index (χ2n) is 4.74. The average Bonchev–Trinajstić information content (AvgIpc) is 2.48. The minimum absolute atomic E-state index is 0.459. The van der Waals surface area contributed by atoms with E-state index in [2.05, 4.69) is 10.6 Å². The van der Waals surface area contributed by atoms with Gasteiger partial charge in [-0.25, -0.2) is 4.79 Å². The molecule has 2 aromatic rings. The van der Waals surface area contributed by atoms with E-state index in [9.17, 15) is 9.59 Å². The Morgan fingerprint density at radius 1 is 1.14 bits per heavy atom. The third-order valence-electron chi connectivity index (χ3n) is 3.11. The van der Waals surface area contributed by atoms with Crippen LogP contribution in [0.15, 0.2) is 48.5 Å². The number of carbonyl (C=O) groups is 2. The van der Waals surface area contributed by atoms with Crippen LogP contribution in [0.5, 0.6) is 0 Å². The van der Waals surface area contributed by atoms with Gasteiger partial charge in [0.25, 0.3) is 5.91 Å². The summed E-state index contributed by atoms with van der Waals surface area (Å²) in [5.41, 5.74) is 1.94. The molecule has 2 amide bonds. The van der Waals surface area contributed by atoms with E-state index >= 15 is 0 Å². The van der Waals surface area contributed by atoms with Crippen LogP contribution < -0.4 is 10.6 Å². The fraction of sp³-hybridized carbons (Fsp3) is 0.125. The first kappa shape index (κ1) is 15.9. The highest BCUT2D eigenvalue weighted by Gasteiger charge is 2.22. The lowest BCUT2D eigenvalue weighted by atomic mass is 10.1. The Labute approximate surface area is 132 Å². The summed E-state index contributed by atoms with van der Waals surface area (Å²) in [6.45, 7) is 1.81. The molecule has 0 bridgehead atoms. The van der Waals surface area contributed by atoms with Gasteiger partial charge < -0.3 is 15.7 Å². The van der Waals surface area contributed by atoms with Crippen molar-refractivity contribution in [3.8, 4) is 0 Å². The van der Waals surface area contributed by atoms with Gasteiger partial charge in [-0.2, -0.15) is 0 Å². The lowest BCUT2D eigenvalue weighted by Gasteiger charge is -2.18. The van der Waals surface area contributed by atoms with Crippen molar-refractivity contribution in [2.75, 3.05) is 5.32 Å². The quantitative estimate of drug-likeness (QED) is 0.806. The van der Waals surface area contributed by atoms with Crippen molar-refractivity contribution < 1.29 is 14.7 Å². The fourth-order valence-electron chi connectivity index (χ4n) is 2.04. The highest BCUT2D eigenvalue weighted by Crippen LogP contribution is 2.22. The molecule has 0 aliphatic rings. The van der Waals surface area contributed by atoms with Crippen molar-refractivity contribution in [3.63, 3.8) is 0 Å². The first-order valence-corrected chi connectivity index (χ1v) is 6.96. The topological polar surface area (TPSA) is 78.4 Å². The third kappa shape index (κ3) is 3.99. The molecule has 0 fully saturated rings. The number of carboxylic acid groups (broad SMARTS) is 1. The van der Waals surface area contributed by atoms with Gasteiger partial charge in [0.15, 0.2) is 0 Å². The summed E-state index contributed by atoms with van der Waals surface area (Å²) in [4.78, 5) is 23.4. The predicted octanol–water partition coefficient (Wildman–Crippen LogP) is 3.60. The number of anilines is 1. The maximum atomic E-state index is 12.4. The van der Waals surface area contributed by atoms with Gasteiger partial charge in [0.1, 0.15) is 6.04 Å². The molecule has 6 heteroatoms. The van der Waals surface area contributed by atoms with Crippen molar-refractivity contribution in [1.29, 1.82) is 0 Å². The molecule has 114 valence electrons. The molecule has 2 rings (SSSR count). The summed E-state index contributed by atoms with van der Waals surface area (Å²) in [7, 11) is 0. The molecule has 0 radical (unpaired) electrons. The summed E-state index contributed by atoms with van der Waals surface area (Å²) in [5.74, 6) is -0.459. The van der Waals surface area contributed by atoms with Crippen LogP contribution in [0.25, 0.3) is 0 Å². The molecule has 0 saturated heterocycles. The highest BCUT2D eigenvalue weighted by atomic mass is 35.5. The Kier molecular flexibility index (Phi) is 5.01. The summed E-state index contributed by atoms with van der Waals surface area (Å²) in [6.07, 6.45) is -1.27. The average molecular weight is 319 g/mol. The number of carbonyl (C=O) groups excluding carboxylic acids is 1. The Hall–Kier alpha value is -2.53. The molecule has 0 aromatic heterocycles. The van der Waals surface area contributed by atoms with E-state index < -0.39 is 18.0 Å². The van der Waals surface area contributed by atoms with E-state index in [-0.39, 0.29) is 0 Å². The Morgan fingerprint density at radius 3 is 2.41 bits per heavy atom. The minimum atomic E-state index is -1.27. The van der Waals surface area contributed by atoms with Gasteiger partial charge in [-0.05, 0) is 36.2 Å². The Balaban J connectivity index is 2.24. The number of rotatable bonds is 4. The largest absolute Gasteiger partial charge is 0.465 e. The number of hydrogen-bond donors (Lipinski definition) is 3. The normalized spacial score (nSPS) is 11.5. The maximum Gasteiger partial charge on any atom is 0.405 e. The smallest absolute Gasteiger partial charge is 0.405 e. The van der Waals surface area contributed by atoms with Crippen LogP contribution in [-0.2, 0) is 4.79 Å². The van der Waals surface area contributed by atoms with Gasteiger partial charge in [0.05, 0.1) is 0 Å². The SMILES string of the molecule is Cc1cc(Cl)ccc1NC(=O)C(NC(=O)O)c1ccccc1. The van der Waals surface area contributed by atoms with E-state index in [1.54, 1.807) is 48.5 Å². The zero-order chi connectivity index (χ0) is 16.1. The van der Waals surface area contributed by atoms with Gasteiger partial charge in [-0.15, -0.1) is 0 Å². The Morgan fingerprint density at radius 2 is 1.82 bits per heavy atom. The lowest BCUT2D eigenvalue weighted by molar-refractivity contribution is -0.118. The van der Waals surface area contributed by atoms with E-state index in [1.807, 2.05) is 6.92 Å². The lowest BCUT2D eigenvalue weighted by Crippen LogP contribution is -2.36. The van der Waals surface area contributed by atoms with Crippen LogP contribution in [0.4, 0.5) is 10.5 Å². The zero-order valence-electron chi connectivity index (χ0n) is 11.8. The number of aryl methyl sites for hydroxylation is 1. The first-order chi connectivity index (χ1) is 10.5. The molecule has 3 N–H and O–H groups in total. The molecule has 5 nitrogen and oxygen atoms in total. The second-order valence-corrected chi connectivity index (χ2v) is 5.18. The van der Waals surface area contributed by atoms with E-state index in [1.165, 1.54) is 0 Å². The van der Waals surface area contributed by atoms with Crippen LogP contribution in [0.3, 0.4) is 0 Å². The molecular formula is C16H15ClN2O3. The van der Waals surface area contributed by atoms with Gasteiger partial charge in [-0.3, -0.25) is 4.79 Å². The van der Waals surface area contributed by atoms with Crippen LogP contribution >= 0.6 is 11.6 Å². The molecule has 1 atom stereocenters. The van der Waals surface area contributed by atoms with Crippen LogP contribution in [0.2, 0.25) is 5.02 Å². The standard InChI is InChI=1S/C16H15ClN2O3/c1-10-9-12(17)7-8-13(10)18-15(20)14(19-16(21)22)11-5-3-2-4-6-11/h2-9,14,19H,1H3,(H,18,20)(H,21,22). The third-order valence-corrected chi connectivity index (χ3v) is 3.34. The van der Waals surface area contributed by atoms with Crippen molar-refractivity contribution in [3.05, 3.63) is 64.7 Å². The summed E-state index contributed by atoms with van der Waals surface area (Å²) in [6, 6.07) is 12.7.